The molecule has 0 atom stereocenters. The Bertz CT molecular complexity index is 697. The van der Waals surface area contributed by atoms with Crippen molar-refractivity contribution in [1.82, 2.24) is 4.98 Å². The lowest BCUT2D eigenvalue weighted by Gasteiger charge is -2.06. The number of benzene rings is 1. The Balaban J connectivity index is 2.28. The Labute approximate surface area is 116 Å². The van der Waals surface area contributed by atoms with Gasteiger partial charge in [0, 0.05) is 22.4 Å². The van der Waals surface area contributed by atoms with Crippen LogP contribution in [0.25, 0.3) is 0 Å². The van der Waals surface area contributed by atoms with E-state index in [4.69, 9.17) is 0 Å². The fourth-order valence-electron chi connectivity index (χ4n) is 1.53. The monoisotopic (exact) mass is 324 g/mol. The molecule has 1 heterocycles. The van der Waals surface area contributed by atoms with Crippen LogP contribution < -0.4 is 10.7 Å². The molecule has 0 spiro atoms. The molecule has 1 aromatic carbocycles. The van der Waals surface area contributed by atoms with Crippen molar-refractivity contribution in [1.29, 1.82) is 0 Å². The average Bonchev–Trinajstić information content (AvgIpc) is 2.32. The number of carbonyl (C=O) groups excluding carboxylic acids is 1. The van der Waals surface area contributed by atoms with E-state index in [2.05, 4.69) is 26.2 Å². The van der Waals surface area contributed by atoms with Crippen LogP contribution in [0, 0.1) is 12.7 Å². The average molecular weight is 325 g/mol. The van der Waals surface area contributed by atoms with Crippen LogP contribution in [-0.4, -0.2) is 10.9 Å². The van der Waals surface area contributed by atoms with Gasteiger partial charge in [-0.1, -0.05) is 15.9 Å². The number of hydrogen-bond acceptors (Lipinski definition) is 2. The highest BCUT2D eigenvalue weighted by Crippen LogP contribution is 2.19. The van der Waals surface area contributed by atoms with Crippen LogP contribution in [-0.2, 0) is 0 Å². The van der Waals surface area contributed by atoms with E-state index in [9.17, 15) is 14.0 Å². The van der Waals surface area contributed by atoms with E-state index in [0.29, 0.717) is 10.2 Å². The summed E-state index contributed by atoms with van der Waals surface area (Å²) < 4.78 is 14.1. The van der Waals surface area contributed by atoms with Gasteiger partial charge in [0.2, 0.25) is 0 Å². The number of amides is 1. The van der Waals surface area contributed by atoms with E-state index in [0.717, 1.165) is 0 Å². The van der Waals surface area contributed by atoms with Crippen LogP contribution in [0.15, 0.2) is 39.7 Å². The van der Waals surface area contributed by atoms with Crippen molar-refractivity contribution in [3.63, 3.8) is 0 Å². The fourth-order valence-corrected chi connectivity index (χ4v) is 1.86. The molecule has 4 nitrogen and oxygen atoms in total. The fraction of sp³-hybridized carbons (Fsp3) is 0.0769. The minimum Gasteiger partial charge on any atom is -0.364 e. The van der Waals surface area contributed by atoms with Gasteiger partial charge >= 0.3 is 0 Å². The quantitative estimate of drug-likeness (QED) is 0.892. The predicted molar refractivity (Wildman–Crippen MR) is 73.9 cm³/mol. The second-order valence-electron chi connectivity index (χ2n) is 3.97. The number of aromatic amines is 1. The van der Waals surface area contributed by atoms with Gasteiger partial charge in [-0.05, 0) is 25.1 Å². The van der Waals surface area contributed by atoms with E-state index in [1.54, 1.807) is 13.0 Å². The van der Waals surface area contributed by atoms with Crippen LogP contribution in [0.4, 0.5) is 10.1 Å². The molecular weight excluding hydrogens is 315 g/mol. The highest BCUT2D eigenvalue weighted by atomic mass is 79.9. The second-order valence-corrected chi connectivity index (χ2v) is 4.89. The SMILES string of the molecule is Cc1cc(=O)c(C(=O)Nc2ccc(Br)cc2F)c[nH]1. The Kier molecular flexibility index (Phi) is 3.80. The van der Waals surface area contributed by atoms with Gasteiger partial charge in [0.1, 0.15) is 11.4 Å². The number of hydrogen-bond donors (Lipinski definition) is 2. The van der Waals surface area contributed by atoms with Gasteiger partial charge in [-0.2, -0.15) is 0 Å². The first-order valence-corrected chi connectivity index (χ1v) is 6.22. The number of H-pyrrole nitrogens is 1. The van der Waals surface area contributed by atoms with Gasteiger partial charge in [0.15, 0.2) is 5.43 Å². The molecular formula is C13H10BrFN2O2. The van der Waals surface area contributed by atoms with Crippen molar-refractivity contribution in [2.24, 2.45) is 0 Å². The van der Waals surface area contributed by atoms with Crippen LogP contribution in [0.1, 0.15) is 16.1 Å². The van der Waals surface area contributed by atoms with Gasteiger partial charge in [-0.15, -0.1) is 0 Å². The number of anilines is 1. The first kappa shape index (κ1) is 13.5. The standard InChI is InChI=1S/C13H10BrFN2O2/c1-7-4-12(18)9(6-16-7)13(19)17-11-3-2-8(14)5-10(11)15/h2-6H,1H3,(H,16,18)(H,17,19). The molecule has 1 amide bonds. The number of aromatic nitrogens is 1. The summed E-state index contributed by atoms with van der Waals surface area (Å²) in [5.41, 5.74) is 0.198. The van der Waals surface area contributed by atoms with Crippen molar-refractivity contribution in [3.05, 3.63) is 62.2 Å². The molecule has 0 saturated carbocycles. The molecule has 0 aliphatic carbocycles. The normalized spacial score (nSPS) is 10.3. The van der Waals surface area contributed by atoms with E-state index in [-0.39, 0.29) is 11.3 Å². The lowest BCUT2D eigenvalue weighted by molar-refractivity contribution is 0.102. The second kappa shape index (κ2) is 5.36. The molecule has 0 aliphatic heterocycles. The van der Waals surface area contributed by atoms with Gasteiger partial charge in [0.05, 0.1) is 5.69 Å². The first-order valence-electron chi connectivity index (χ1n) is 5.43. The Hall–Kier alpha value is -1.95. The zero-order valence-corrected chi connectivity index (χ0v) is 11.5. The largest absolute Gasteiger partial charge is 0.364 e. The Morgan fingerprint density at radius 2 is 2.11 bits per heavy atom. The molecule has 0 fully saturated rings. The Morgan fingerprint density at radius 3 is 2.74 bits per heavy atom. The molecule has 2 N–H and O–H groups in total. The minimum atomic E-state index is -0.650. The van der Waals surface area contributed by atoms with E-state index >= 15 is 0 Å². The molecule has 0 aliphatic rings. The van der Waals surface area contributed by atoms with Crippen LogP contribution in [0.2, 0.25) is 0 Å². The Morgan fingerprint density at radius 1 is 1.37 bits per heavy atom. The summed E-state index contributed by atoms with van der Waals surface area (Å²) >= 11 is 3.12. The van der Waals surface area contributed by atoms with Crippen LogP contribution >= 0.6 is 15.9 Å². The summed E-state index contributed by atoms with van der Waals surface area (Å²) in [6, 6.07) is 5.56. The van der Waals surface area contributed by atoms with Crippen molar-refractivity contribution >= 4 is 27.5 Å². The van der Waals surface area contributed by atoms with Crippen molar-refractivity contribution in [3.8, 4) is 0 Å². The third kappa shape index (κ3) is 3.08. The molecule has 1 aromatic heterocycles. The van der Waals surface area contributed by atoms with E-state index in [1.807, 2.05) is 0 Å². The third-order valence-corrected chi connectivity index (χ3v) is 2.97. The number of nitrogens with one attached hydrogen (secondary N) is 2. The molecule has 98 valence electrons. The molecule has 19 heavy (non-hydrogen) atoms. The molecule has 0 unspecified atom stereocenters. The maximum Gasteiger partial charge on any atom is 0.261 e. The van der Waals surface area contributed by atoms with Crippen molar-refractivity contribution in [2.45, 2.75) is 6.92 Å². The molecule has 6 heteroatoms. The summed E-state index contributed by atoms with van der Waals surface area (Å²) in [7, 11) is 0. The zero-order valence-electron chi connectivity index (χ0n) is 9.96. The molecule has 2 aromatic rings. The number of carbonyl (C=O) groups is 1. The van der Waals surface area contributed by atoms with Crippen molar-refractivity contribution < 1.29 is 9.18 Å². The van der Waals surface area contributed by atoms with Crippen molar-refractivity contribution in [2.75, 3.05) is 5.32 Å². The topological polar surface area (TPSA) is 62.0 Å². The van der Waals surface area contributed by atoms with Gasteiger partial charge in [0.25, 0.3) is 5.91 Å². The number of aryl methyl sites for hydroxylation is 1. The molecule has 0 radical (unpaired) electrons. The van der Waals surface area contributed by atoms with Crippen LogP contribution in [0.3, 0.4) is 0 Å². The third-order valence-electron chi connectivity index (χ3n) is 2.48. The van der Waals surface area contributed by atoms with Gasteiger partial charge in [-0.3, -0.25) is 9.59 Å². The lowest BCUT2D eigenvalue weighted by Crippen LogP contribution is -2.22. The smallest absolute Gasteiger partial charge is 0.261 e. The minimum absolute atomic E-state index is 0.0215. The van der Waals surface area contributed by atoms with E-state index < -0.39 is 17.2 Å². The summed E-state index contributed by atoms with van der Waals surface area (Å²) in [6.07, 6.45) is 1.31. The number of rotatable bonds is 2. The molecule has 2 rings (SSSR count). The van der Waals surface area contributed by atoms with Gasteiger partial charge < -0.3 is 10.3 Å². The summed E-state index contributed by atoms with van der Waals surface area (Å²) in [6.45, 7) is 1.71. The number of pyridine rings is 1. The zero-order chi connectivity index (χ0) is 14.0. The lowest BCUT2D eigenvalue weighted by atomic mass is 10.2. The first-order chi connectivity index (χ1) is 8.97. The summed E-state index contributed by atoms with van der Waals surface area (Å²) in [5, 5.41) is 2.36. The maximum atomic E-state index is 13.6. The molecule has 0 bridgehead atoms. The highest BCUT2D eigenvalue weighted by molar-refractivity contribution is 9.10. The van der Waals surface area contributed by atoms with Crippen LogP contribution in [0.5, 0.6) is 0 Å². The maximum absolute atomic E-state index is 13.6. The number of halogens is 2. The highest BCUT2D eigenvalue weighted by Gasteiger charge is 2.12. The summed E-state index contributed by atoms with van der Waals surface area (Å²) in [5.74, 6) is -1.23. The summed E-state index contributed by atoms with van der Waals surface area (Å²) in [4.78, 5) is 26.3. The molecule has 0 saturated heterocycles. The van der Waals surface area contributed by atoms with E-state index in [1.165, 1.54) is 24.4 Å². The van der Waals surface area contributed by atoms with Gasteiger partial charge in [-0.25, -0.2) is 4.39 Å². The predicted octanol–water partition coefficient (Wildman–Crippen LogP) is 2.84.